The molecule has 2 rings (SSSR count). The lowest BCUT2D eigenvalue weighted by atomic mass is 10.2. The van der Waals surface area contributed by atoms with Gasteiger partial charge >= 0.3 is 0 Å². The smallest absolute Gasteiger partial charge is 0.255 e. The van der Waals surface area contributed by atoms with E-state index in [-0.39, 0.29) is 5.91 Å². The molecular weight excluding hydrogens is 214 g/mol. The van der Waals surface area contributed by atoms with Gasteiger partial charge in [-0.1, -0.05) is 6.92 Å². The van der Waals surface area contributed by atoms with Crippen LogP contribution in [0.2, 0.25) is 0 Å². The highest BCUT2D eigenvalue weighted by Gasteiger charge is 2.14. The van der Waals surface area contributed by atoms with Crippen LogP contribution >= 0.6 is 0 Å². The number of carbonyl (C=O) groups is 1. The Morgan fingerprint density at radius 1 is 1.47 bits per heavy atom. The third kappa shape index (κ3) is 2.30. The van der Waals surface area contributed by atoms with Gasteiger partial charge in [-0.3, -0.25) is 4.79 Å². The number of fused-ring (bicyclic) bond motifs is 1. The van der Waals surface area contributed by atoms with Crippen LogP contribution in [0.3, 0.4) is 0 Å². The van der Waals surface area contributed by atoms with Crippen molar-refractivity contribution in [2.24, 2.45) is 0 Å². The Kier molecular flexibility index (Phi) is 3.42. The molecule has 0 bridgehead atoms. The molecule has 1 N–H and O–H groups in total. The molecule has 0 aliphatic carbocycles. The van der Waals surface area contributed by atoms with Crippen molar-refractivity contribution in [3.05, 3.63) is 30.1 Å². The van der Waals surface area contributed by atoms with Crippen molar-refractivity contribution in [2.75, 3.05) is 13.1 Å². The molecule has 2 aromatic heterocycles. The van der Waals surface area contributed by atoms with Crippen LogP contribution in [0.25, 0.3) is 11.0 Å². The van der Waals surface area contributed by atoms with Gasteiger partial charge in [-0.25, -0.2) is 4.98 Å². The summed E-state index contributed by atoms with van der Waals surface area (Å²) in [5, 5.41) is 0.975. The Hall–Kier alpha value is -1.84. The number of rotatable bonds is 4. The van der Waals surface area contributed by atoms with Crippen molar-refractivity contribution in [1.29, 1.82) is 0 Å². The molecule has 0 unspecified atom stereocenters. The van der Waals surface area contributed by atoms with E-state index in [0.717, 1.165) is 30.5 Å². The van der Waals surface area contributed by atoms with E-state index in [1.165, 1.54) is 0 Å². The summed E-state index contributed by atoms with van der Waals surface area (Å²) in [4.78, 5) is 21.3. The number of hydrogen-bond donors (Lipinski definition) is 1. The van der Waals surface area contributed by atoms with E-state index in [1.807, 2.05) is 30.2 Å². The van der Waals surface area contributed by atoms with Gasteiger partial charge in [0.2, 0.25) is 0 Å². The summed E-state index contributed by atoms with van der Waals surface area (Å²) in [6, 6.07) is 3.81. The lowest BCUT2D eigenvalue weighted by molar-refractivity contribution is 0.0764. The van der Waals surface area contributed by atoms with Gasteiger partial charge in [0.05, 0.1) is 5.56 Å². The lowest BCUT2D eigenvalue weighted by Crippen LogP contribution is -2.31. The van der Waals surface area contributed by atoms with Crippen LogP contribution < -0.4 is 0 Å². The van der Waals surface area contributed by atoms with E-state index < -0.39 is 0 Å². The van der Waals surface area contributed by atoms with Gasteiger partial charge in [-0.15, -0.1) is 0 Å². The second kappa shape index (κ2) is 4.99. The molecule has 0 spiro atoms. The third-order valence-corrected chi connectivity index (χ3v) is 2.81. The summed E-state index contributed by atoms with van der Waals surface area (Å²) in [5.74, 6) is 0.0601. The van der Waals surface area contributed by atoms with Gasteiger partial charge in [0.15, 0.2) is 0 Å². The first-order chi connectivity index (χ1) is 8.26. The zero-order valence-corrected chi connectivity index (χ0v) is 10.2. The fourth-order valence-electron chi connectivity index (χ4n) is 1.91. The first-order valence-electron chi connectivity index (χ1n) is 5.98. The molecule has 17 heavy (non-hydrogen) atoms. The molecule has 0 aliphatic heterocycles. The molecule has 1 amide bonds. The van der Waals surface area contributed by atoms with Gasteiger partial charge in [-0.05, 0) is 25.5 Å². The van der Waals surface area contributed by atoms with Crippen molar-refractivity contribution < 1.29 is 4.79 Å². The number of hydrogen-bond acceptors (Lipinski definition) is 2. The Morgan fingerprint density at radius 2 is 2.29 bits per heavy atom. The second-order valence-corrected chi connectivity index (χ2v) is 4.02. The summed E-state index contributed by atoms with van der Waals surface area (Å²) in [5.41, 5.74) is 1.48. The molecule has 4 heteroatoms. The summed E-state index contributed by atoms with van der Waals surface area (Å²) in [6.45, 7) is 5.59. The first-order valence-corrected chi connectivity index (χ1v) is 5.98. The summed E-state index contributed by atoms with van der Waals surface area (Å²) in [6.07, 6.45) is 4.44. The van der Waals surface area contributed by atoms with E-state index in [0.29, 0.717) is 5.56 Å². The van der Waals surface area contributed by atoms with Gasteiger partial charge in [-0.2, -0.15) is 0 Å². The number of aromatic nitrogens is 2. The van der Waals surface area contributed by atoms with Crippen LogP contribution in [0.4, 0.5) is 0 Å². The molecule has 4 nitrogen and oxygen atoms in total. The van der Waals surface area contributed by atoms with E-state index >= 15 is 0 Å². The molecule has 2 aromatic rings. The Balaban J connectivity index is 2.28. The summed E-state index contributed by atoms with van der Waals surface area (Å²) >= 11 is 0. The average Bonchev–Trinajstić information content (AvgIpc) is 2.82. The minimum absolute atomic E-state index is 0.0601. The van der Waals surface area contributed by atoms with Gasteiger partial charge in [0.25, 0.3) is 5.91 Å². The summed E-state index contributed by atoms with van der Waals surface area (Å²) < 4.78 is 0. The van der Waals surface area contributed by atoms with E-state index in [4.69, 9.17) is 0 Å². The van der Waals surface area contributed by atoms with E-state index in [9.17, 15) is 4.79 Å². The van der Waals surface area contributed by atoms with Crippen LogP contribution in [0.15, 0.2) is 24.5 Å². The third-order valence-electron chi connectivity index (χ3n) is 2.81. The Labute approximate surface area is 101 Å². The monoisotopic (exact) mass is 231 g/mol. The minimum atomic E-state index is 0.0601. The van der Waals surface area contributed by atoms with Crippen molar-refractivity contribution in [2.45, 2.75) is 20.3 Å². The highest BCUT2D eigenvalue weighted by molar-refractivity contribution is 5.96. The van der Waals surface area contributed by atoms with Crippen molar-refractivity contribution in [1.82, 2.24) is 14.9 Å². The van der Waals surface area contributed by atoms with Gasteiger partial charge < -0.3 is 9.88 Å². The number of nitrogens with zero attached hydrogens (tertiary/aromatic N) is 2. The molecule has 0 atom stereocenters. The van der Waals surface area contributed by atoms with Gasteiger partial charge in [0, 0.05) is 30.9 Å². The van der Waals surface area contributed by atoms with E-state index in [1.54, 1.807) is 6.20 Å². The van der Waals surface area contributed by atoms with Crippen molar-refractivity contribution in [3.8, 4) is 0 Å². The highest BCUT2D eigenvalue weighted by Crippen LogP contribution is 2.13. The molecule has 0 aliphatic rings. The normalized spacial score (nSPS) is 10.7. The zero-order valence-electron chi connectivity index (χ0n) is 10.2. The first kappa shape index (κ1) is 11.6. The number of nitrogens with one attached hydrogen (secondary N) is 1. The number of amides is 1. The Bertz CT molecular complexity index is 518. The topological polar surface area (TPSA) is 49.0 Å². The summed E-state index contributed by atoms with van der Waals surface area (Å²) in [7, 11) is 0. The predicted octanol–water partition coefficient (Wildman–Crippen LogP) is 2.44. The van der Waals surface area contributed by atoms with Crippen molar-refractivity contribution in [3.63, 3.8) is 0 Å². The van der Waals surface area contributed by atoms with Crippen LogP contribution in [0.1, 0.15) is 30.6 Å². The van der Waals surface area contributed by atoms with Crippen LogP contribution in [0, 0.1) is 0 Å². The maximum atomic E-state index is 12.2. The molecule has 0 fully saturated rings. The molecule has 0 saturated carbocycles. The molecule has 2 heterocycles. The number of aromatic amines is 1. The fourth-order valence-corrected chi connectivity index (χ4v) is 1.91. The zero-order chi connectivity index (χ0) is 12.3. The maximum Gasteiger partial charge on any atom is 0.255 e. The molecular formula is C13H17N3O. The van der Waals surface area contributed by atoms with Crippen LogP contribution in [0.5, 0.6) is 0 Å². The Morgan fingerprint density at radius 3 is 3.00 bits per heavy atom. The molecule has 90 valence electrons. The average molecular weight is 231 g/mol. The second-order valence-electron chi connectivity index (χ2n) is 4.02. The molecule has 0 radical (unpaired) electrons. The van der Waals surface area contributed by atoms with Crippen molar-refractivity contribution >= 4 is 16.9 Å². The largest absolute Gasteiger partial charge is 0.346 e. The molecule has 0 saturated heterocycles. The number of pyridine rings is 1. The lowest BCUT2D eigenvalue weighted by Gasteiger charge is -2.19. The quantitative estimate of drug-likeness (QED) is 0.878. The standard InChI is InChI=1S/C13H17N3O/c1-3-7-16(4-2)13(17)11-8-10-5-6-14-12(10)15-9-11/h5-6,8-9H,3-4,7H2,1-2H3,(H,14,15). The van der Waals surface area contributed by atoms with Crippen LogP contribution in [-0.2, 0) is 0 Å². The fraction of sp³-hybridized carbons (Fsp3) is 0.385. The minimum Gasteiger partial charge on any atom is -0.346 e. The maximum absolute atomic E-state index is 12.2. The van der Waals surface area contributed by atoms with E-state index in [2.05, 4.69) is 16.9 Å². The number of carbonyl (C=O) groups excluding carboxylic acids is 1. The number of H-pyrrole nitrogens is 1. The van der Waals surface area contributed by atoms with Crippen LogP contribution in [-0.4, -0.2) is 33.9 Å². The molecule has 0 aromatic carbocycles. The predicted molar refractivity (Wildman–Crippen MR) is 68.0 cm³/mol. The van der Waals surface area contributed by atoms with Gasteiger partial charge in [0.1, 0.15) is 5.65 Å². The SMILES string of the molecule is CCCN(CC)C(=O)c1cnc2[nH]ccc2c1. The highest BCUT2D eigenvalue weighted by atomic mass is 16.2.